The van der Waals surface area contributed by atoms with Crippen LogP contribution in [0.2, 0.25) is 0 Å². The van der Waals surface area contributed by atoms with Gasteiger partial charge in [-0.1, -0.05) is 31.6 Å². The number of methoxy groups -OCH3 is 1. The second-order valence-corrected chi connectivity index (χ2v) is 8.67. The fourth-order valence-electron chi connectivity index (χ4n) is 5.50. The van der Waals surface area contributed by atoms with Crippen LogP contribution in [-0.2, 0) is 9.53 Å². The van der Waals surface area contributed by atoms with E-state index in [4.69, 9.17) is 4.74 Å². The molecule has 2 aliphatic rings. The van der Waals surface area contributed by atoms with Crippen molar-refractivity contribution >= 4 is 5.97 Å². The lowest BCUT2D eigenvalue weighted by Crippen LogP contribution is -2.53. The van der Waals surface area contributed by atoms with Gasteiger partial charge in [0.05, 0.1) is 18.1 Å². The Balaban J connectivity index is 2.30. The maximum absolute atomic E-state index is 12.5. The number of rotatable bonds is 5. The molecule has 0 aromatic heterocycles. The average Bonchev–Trinajstić information content (AvgIpc) is 2.53. The van der Waals surface area contributed by atoms with Gasteiger partial charge >= 0.3 is 5.97 Å². The van der Waals surface area contributed by atoms with Crippen LogP contribution in [0.5, 0.6) is 0 Å². The molecule has 2 saturated carbocycles. The number of hydrogen-bond acceptors (Lipinski definition) is 3. The van der Waals surface area contributed by atoms with Crippen molar-refractivity contribution in [3.8, 4) is 0 Å². The molecule has 0 aromatic rings. The van der Waals surface area contributed by atoms with Crippen LogP contribution in [0.1, 0.15) is 65.7 Å². The molecule has 0 bridgehead atoms. The number of carbonyl (C=O) groups is 1. The number of allylic oxidation sites excluding steroid dienone is 1. The third kappa shape index (κ3) is 3.20. The molecule has 2 aliphatic carbocycles. The van der Waals surface area contributed by atoms with Gasteiger partial charge in [0, 0.05) is 0 Å². The van der Waals surface area contributed by atoms with Gasteiger partial charge < -0.3 is 9.84 Å². The van der Waals surface area contributed by atoms with Crippen molar-refractivity contribution in [2.75, 3.05) is 7.11 Å². The van der Waals surface area contributed by atoms with E-state index in [9.17, 15) is 9.90 Å². The minimum atomic E-state index is -0.843. The predicted molar refractivity (Wildman–Crippen MR) is 97.5 cm³/mol. The number of ether oxygens (including phenoxy) is 1. The van der Waals surface area contributed by atoms with E-state index in [1.54, 1.807) is 6.08 Å². The highest BCUT2D eigenvalue weighted by molar-refractivity contribution is 5.77. The SMILES string of the molecule is C=C[C@@](C)(O)CC[C@H]1C(=C)CC[C@H]2[C@]1(C)CCC[C@]2(C)C(=O)OC. The van der Waals surface area contributed by atoms with Crippen LogP contribution in [0, 0.1) is 22.7 Å². The van der Waals surface area contributed by atoms with Crippen LogP contribution in [-0.4, -0.2) is 23.8 Å². The van der Waals surface area contributed by atoms with Crippen LogP contribution in [0.4, 0.5) is 0 Å². The number of esters is 1. The Morgan fingerprint density at radius 1 is 1.46 bits per heavy atom. The third-order valence-corrected chi connectivity index (χ3v) is 7.05. The smallest absolute Gasteiger partial charge is 0.311 e. The highest BCUT2D eigenvalue weighted by Crippen LogP contribution is 2.62. The van der Waals surface area contributed by atoms with Crippen LogP contribution in [0.3, 0.4) is 0 Å². The molecule has 0 aromatic carbocycles. The van der Waals surface area contributed by atoms with Gasteiger partial charge in [-0.2, -0.15) is 0 Å². The van der Waals surface area contributed by atoms with Gasteiger partial charge in [-0.25, -0.2) is 0 Å². The highest BCUT2D eigenvalue weighted by atomic mass is 16.5. The maximum Gasteiger partial charge on any atom is 0.311 e. The second kappa shape index (κ2) is 6.67. The van der Waals surface area contributed by atoms with E-state index in [2.05, 4.69) is 27.0 Å². The van der Waals surface area contributed by atoms with E-state index in [0.717, 1.165) is 38.5 Å². The fourth-order valence-corrected chi connectivity index (χ4v) is 5.50. The lowest BCUT2D eigenvalue weighted by atomic mass is 9.46. The molecule has 0 amide bonds. The molecule has 3 heteroatoms. The molecule has 0 radical (unpaired) electrons. The molecule has 0 aliphatic heterocycles. The molecule has 0 saturated heterocycles. The molecule has 2 fully saturated rings. The second-order valence-electron chi connectivity index (χ2n) is 8.67. The van der Waals surface area contributed by atoms with Crippen molar-refractivity contribution in [1.29, 1.82) is 0 Å². The highest BCUT2D eigenvalue weighted by Gasteiger charge is 2.57. The van der Waals surface area contributed by atoms with Crippen molar-refractivity contribution in [1.82, 2.24) is 0 Å². The summed E-state index contributed by atoms with van der Waals surface area (Å²) in [5.41, 5.74) is 0.0852. The van der Waals surface area contributed by atoms with Gasteiger partial charge in [0.1, 0.15) is 0 Å². The standard InChI is InChI=1S/C21H34O3/c1-7-19(3,23)14-11-16-15(2)9-10-17-20(16,4)12-8-13-21(17,5)18(22)24-6/h7,16-17,23H,1-2,8-14H2,3-6H3/t16-,17-,19+,20+,21-/m0/s1. The van der Waals surface area contributed by atoms with E-state index in [1.165, 1.54) is 12.7 Å². The number of carbonyl (C=O) groups excluding carboxylic acids is 1. The van der Waals surface area contributed by atoms with Gasteiger partial charge in [0.15, 0.2) is 0 Å². The van der Waals surface area contributed by atoms with Crippen molar-refractivity contribution < 1.29 is 14.6 Å². The molecule has 0 spiro atoms. The van der Waals surface area contributed by atoms with Crippen molar-refractivity contribution in [3.63, 3.8) is 0 Å². The Labute approximate surface area is 147 Å². The Morgan fingerprint density at radius 2 is 2.12 bits per heavy atom. The normalized spacial score (nSPS) is 38.8. The zero-order valence-electron chi connectivity index (χ0n) is 15.9. The fraction of sp³-hybridized carbons (Fsp3) is 0.762. The van der Waals surface area contributed by atoms with Gasteiger partial charge in [-0.05, 0) is 69.6 Å². The van der Waals surface area contributed by atoms with Gasteiger partial charge in [0.2, 0.25) is 0 Å². The quantitative estimate of drug-likeness (QED) is 0.588. The summed E-state index contributed by atoms with van der Waals surface area (Å²) in [5, 5.41) is 10.3. The van der Waals surface area contributed by atoms with E-state index in [1.807, 2.05) is 6.92 Å². The number of hydrogen-bond donors (Lipinski definition) is 1. The average molecular weight is 335 g/mol. The first-order valence-electron chi connectivity index (χ1n) is 9.23. The lowest BCUT2D eigenvalue weighted by Gasteiger charge is -2.57. The summed E-state index contributed by atoms with van der Waals surface area (Å²) in [6, 6.07) is 0. The summed E-state index contributed by atoms with van der Waals surface area (Å²) in [7, 11) is 1.50. The van der Waals surface area contributed by atoms with Crippen LogP contribution in [0.15, 0.2) is 24.8 Å². The molecule has 1 N–H and O–H groups in total. The van der Waals surface area contributed by atoms with E-state index < -0.39 is 11.0 Å². The molecular formula is C21H34O3. The minimum absolute atomic E-state index is 0.0494. The predicted octanol–water partition coefficient (Wildman–Crippen LogP) is 4.66. The van der Waals surface area contributed by atoms with Crippen LogP contribution < -0.4 is 0 Å². The zero-order valence-corrected chi connectivity index (χ0v) is 15.9. The summed E-state index contributed by atoms with van der Waals surface area (Å²) in [4.78, 5) is 12.5. The molecule has 2 rings (SSSR count). The summed E-state index contributed by atoms with van der Waals surface area (Å²) in [5.74, 6) is 0.588. The first-order chi connectivity index (χ1) is 11.1. The number of aliphatic hydroxyl groups is 1. The Hall–Kier alpha value is -1.09. The molecule has 0 unspecified atom stereocenters. The Bertz CT molecular complexity index is 521. The minimum Gasteiger partial charge on any atom is -0.469 e. The van der Waals surface area contributed by atoms with Crippen molar-refractivity contribution in [2.24, 2.45) is 22.7 Å². The zero-order chi connectivity index (χ0) is 18.2. The molecule has 3 nitrogen and oxygen atoms in total. The third-order valence-electron chi connectivity index (χ3n) is 7.05. The van der Waals surface area contributed by atoms with Gasteiger partial charge in [-0.3, -0.25) is 4.79 Å². The Kier molecular flexibility index (Phi) is 5.34. The van der Waals surface area contributed by atoms with Crippen LogP contribution in [0.25, 0.3) is 0 Å². The molecule has 136 valence electrons. The van der Waals surface area contributed by atoms with E-state index in [-0.39, 0.29) is 11.4 Å². The summed E-state index contributed by atoms with van der Waals surface area (Å²) < 4.78 is 5.17. The van der Waals surface area contributed by atoms with Crippen LogP contribution >= 0.6 is 0 Å². The summed E-state index contributed by atoms with van der Waals surface area (Å²) in [6.45, 7) is 14.3. The monoisotopic (exact) mass is 334 g/mol. The largest absolute Gasteiger partial charge is 0.469 e. The summed E-state index contributed by atoms with van der Waals surface area (Å²) >= 11 is 0. The molecular weight excluding hydrogens is 300 g/mol. The van der Waals surface area contributed by atoms with E-state index in [0.29, 0.717) is 18.3 Å². The lowest BCUT2D eigenvalue weighted by molar-refractivity contribution is -0.168. The molecule has 0 heterocycles. The van der Waals surface area contributed by atoms with Gasteiger partial charge in [0.25, 0.3) is 0 Å². The Morgan fingerprint density at radius 3 is 2.71 bits per heavy atom. The maximum atomic E-state index is 12.5. The molecule has 5 atom stereocenters. The van der Waals surface area contributed by atoms with Gasteiger partial charge in [-0.15, -0.1) is 6.58 Å². The summed E-state index contributed by atoms with van der Waals surface area (Å²) in [6.07, 6.45) is 8.23. The number of fused-ring (bicyclic) bond motifs is 1. The van der Waals surface area contributed by atoms with Crippen molar-refractivity contribution in [3.05, 3.63) is 24.8 Å². The van der Waals surface area contributed by atoms with Crippen molar-refractivity contribution in [2.45, 2.75) is 71.3 Å². The molecule has 24 heavy (non-hydrogen) atoms. The van der Waals surface area contributed by atoms with E-state index >= 15 is 0 Å². The first-order valence-corrected chi connectivity index (χ1v) is 9.23. The first kappa shape index (κ1) is 19.2. The topological polar surface area (TPSA) is 46.5 Å².